The second-order valence-electron chi connectivity index (χ2n) is 6.36. The van der Waals surface area contributed by atoms with Gasteiger partial charge >= 0.3 is 5.97 Å². The molecule has 0 radical (unpaired) electrons. The molecule has 2 aromatic rings. The molecule has 0 fully saturated rings. The van der Waals surface area contributed by atoms with E-state index in [1.165, 1.54) is 12.0 Å². The van der Waals surface area contributed by atoms with Crippen LogP contribution in [0.5, 0.6) is 5.88 Å². The van der Waals surface area contributed by atoms with Crippen LogP contribution in [0.3, 0.4) is 0 Å². The van der Waals surface area contributed by atoms with Gasteiger partial charge < -0.3 is 20.1 Å². The van der Waals surface area contributed by atoms with E-state index in [0.29, 0.717) is 16.9 Å². The Morgan fingerprint density at radius 3 is 2.96 bits per heavy atom. The molecule has 0 saturated heterocycles. The number of nitrogens with two attached hydrogens (primary N) is 1. The van der Waals surface area contributed by atoms with Crippen molar-refractivity contribution in [2.45, 2.75) is 11.8 Å². The summed E-state index contributed by atoms with van der Waals surface area (Å²) >= 11 is 3.42. The number of halogens is 1. The number of amides is 1. The van der Waals surface area contributed by atoms with Gasteiger partial charge in [-0.3, -0.25) is 14.7 Å². The quantitative estimate of drug-likeness (QED) is 0.666. The molecule has 10 heteroatoms. The van der Waals surface area contributed by atoms with E-state index in [-0.39, 0.29) is 29.3 Å². The van der Waals surface area contributed by atoms with Crippen LogP contribution < -0.4 is 15.4 Å². The highest BCUT2D eigenvalue weighted by molar-refractivity contribution is 9.10. The molecule has 9 nitrogen and oxygen atoms in total. The Morgan fingerprint density at radius 2 is 2.29 bits per heavy atom. The van der Waals surface area contributed by atoms with Gasteiger partial charge in [-0.05, 0) is 18.2 Å². The number of carbonyl (C=O) groups excluding carboxylic acids is 2. The number of carbonyl (C=O) groups is 2. The smallest absolute Gasteiger partial charge is 0.311 e. The zero-order valence-corrected chi connectivity index (χ0v) is 16.5. The lowest BCUT2D eigenvalue weighted by Gasteiger charge is -2.32. The van der Waals surface area contributed by atoms with Crippen molar-refractivity contribution in [2.75, 3.05) is 19.1 Å². The number of aromatic amines is 1. The number of anilines is 1. The predicted molar refractivity (Wildman–Crippen MR) is 100 cm³/mol. The number of methoxy groups -OCH3 is 1. The van der Waals surface area contributed by atoms with Gasteiger partial charge in [0.05, 0.1) is 24.8 Å². The summed E-state index contributed by atoms with van der Waals surface area (Å²) in [6, 6.07) is 7.35. The molecule has 2 aliphatic rings. The van der Waals surface area contributed by atoms with Crippen LogP contribution in [0.15, 0.2) is 34.1 Å². The first kappa shape index (κ1) is 18.1. The summed E-state index contributed by atoms with van der Waals surface area (Å²) in [7, 11) is 2.88. The highest BCUT2D eigenvalue weighted by atomic mass is 79.9. The molecule has 2 aliphatic heterocycles. The average molecular weight is 444 g/mol. The number of esters is 1. The monoisotopic (exact) mass is 443 g/mol. The number of rotatable bonds is 2. The van der Waals surface area contributed by atoms with Gasteiger partial charge in [-0.1, -0.05) is 15.9 Å². The van der Waals surface area contributed by atoms with Crippen molar-refractivity contribution in [3.63, 3.8) is 0 Å². The van der Waals surface area contributed by atoms with Crippen molar-refractivity contribution in [1.82, 2.24) is 10.2 Å². The number of benzene rings is 1. The number of nitriles is 1. The molecule has 4 rings (SSSR count). The highest BCUT2D eigenvalue weighted by Crippen LogP contribution is 2.55. The molecule has 142 valence electrons. The summed E-state index contributed by atoms with van der Waals surface area (Å²) < 4.78 is 11.0. The fraction of sp³-hybridized carbons (Fsp3) is 0.222. The second-order valence-corrected chi connectivity index (χ2v) is 7.28. The number of nitrogens with zero attached hydrogens (tertiary/aromatic N) is 3. The molecule has 3 N–H and O–H groups in total. The molecule has 1 amide bonds. The molecular formula is C18H14BrN5O4. The molecule has 1 spiro atoms. The van der Waals surface area contributed by atoms with E-state index in [1.54, 1.807) is 25.2 Å². The number of aromatic nitrogens is 2. The molecule has 0 saturated carbocycles. The molecule has 28 heavy (non-hydrogen) atoms. The topological polar surface area (TPSA) is 134 Å². The van der Waals surface area contributed by atoms with Crippen molar-refractivity contribution in [3.05, 3.63) is 50.9 Å². The Hall–Kier alpha value is -3.32. The number of hydrogen-bond donors (Lipinski definition) is 2. The van der Waals surface area contributed by atoms with E-state index in [2.05, 4.69) is 26.1 Å². The maximum atomic E-state index is 13.6. The van der Waals surface area contributed by atoms with Crippen LogP contribution in [0.4, 0.5) is 5.69 Å². The first-order chi connectivity index (χ1) is 13.4. The summed E-state index contributed by atoms with van der Waals surface area (Å²) in [6.07, 6.45) is -0.178. The van der Waals surface area contributed by atoms with Crippen molar-refractivity contribution in [3.8, 4) is 11.9 Å². The van der Waals surface area contributed by atoms with Crippen LogP contribution >= 0.6 is 15.9 Å². The van der Waals surface area contributed by atoms with Gasteiger partial charge in [0.15, 0.2) is 0 Å². The third-order valence-corrected chi connectivity index (χ3v) is 5.51. The summed E-state index contributed by atoms with van der Waals surface area (Å²) in [4.78, 5) is 27.0. The Kier molecular flexibility index (Phi) is 3.94. The summed E-state index contributed by atoms with van der Waals surface area (Å²) in [5.41, 5.74) is 6.15. The Bertz CT molecular complexity index is 1120. The molecule has 0 aliphatic carbocycles. The fourth-order valence-corrected chi connectivity index (χ4v) is 4.19. The third-order valence-electron chi connectivity index (χ3n) is 5.02. The number of ether oxygens (including phenoxy) is 2. The molecule has 0 bridgehead atoms. The lowest BCUT2D eigenvalue weighted by molar-refractivity contribution is -0.139. The van der Waals surface area contributed by atoms with E-state index in [0.717, 1.165) is 4.47 Å². The fourth-order valence-electron chi connectivity index (χ4n) is 3.83. The molecular weight excluding hydrogens is 430 g/mol. The summed E-state index contributed by atoms with van der Waals surface area (Å²) in [5, 5.41) is 16.7. The van der Waals surface area contributed by atoms with Crippen LogP contribution in [-0.2, 0) is 26.2 Å². The van der Waals surface area contributed by atoms with E-state index < -0.39 is 17.3 Å². The normalized spacial score (nSPS) is 19.9. The Balaban J connectivity index is 2.11. The molecule has 1 aromatic carbocycles. The average Bonchev–Trinajstić information content (AvgIpc) is 3.15. The first-order valence-corrected chi connectivity index (χ1v) is 8.96. The van der Waals surface area contributed by atoms with Crippen molar-refractivity contribution >= 4 is 33.5 Å². The van der Waals surface area contributed by atoms with Crippen LogP contribution in [0.25, 0.3) is 0 Å². The van der Waals surface area contributed by atoms with Crippen molar-refractivity contribution < 1.29 is 19.1 Å². The third kappa shape index (κ3) is 2.13. The minimum absolute atomic E-state index is 0.0463. The zero-order chi connectivity index (χ0) is 20.2. The largest absolute Gasteiger partial charge is 0.469 e. The Labute approximate surface area is 167 Å². The summed E-state index contributed by atoms with van der Waals surface area (Å²) in [5.74, 6) is -1.08. The van der Waals surface area contributed by atoms with Gasteiger partial charge in [0.25, 0.3) is 0 Å². The van der Waals surface area contributed by atoms with Crippen molar-refractivity contribution in [2.24, 2.45) is 5.73 Å². The van der Waals surface area contributed by atoms with Gasteiger partial charge in [-0.2, -0.15) is 5.26 Å². The maximum absolute atomic E-state index is 13.6. The van der Waals surface area contributed by atoms with E-state index in [1.807, 2.05) is 6.07 Å². The van der Waals surface area contributed by atoms with Gasteiger partial charge in [-0.25, -0.2) is 0 Å². The van der Waals surface area contributed by atoms with E-state index >= 15 is 0 Å². The number of likely N-dealkylation sites (N-methyl/N-ethyl adjacent to an activating group) is 1. The van der Waals surface area contributed by atoms with Gasteiger partial charge in [0.1, 0.15) is 17.1 Å². The maximum Gasteiger partial charge on any atom is 0.311 e. The number of fused-ring (bicyclic) bond motifs is 4. The number of H-pyrrole nitrogens is 1. The second kappa shape index (κ2) is 6.10. The van der Waals surface area contributed by atoms with Crippen LogP contribution in [-0.4, -0.2) is 36.2 Å². The van der Waals surface area contributed by atoms with Crippen LogP contribution in [0, 0.1) is 11.3 Å². The van der Waals surface area contributed by atoms with E-state index in [9.17, 15) is 14.9 Å². The minimum Gasteiger partial charge on any atom is -0.469 e. The number of nitrogens with one attached hydrogen (secondary N) is 1. The van der Waals surface area contributed by atoms with E-state index in [4.69, 9.17) is 15.2 Å². The Morgan fingerprint density at radius 1 is 1.54 bits per heavy atom. The highest BCUT2D eigenvalue weighted by Gasteiger charge is 2.60. The zero-order valence-electron chi connectivity index (χ0n) is 14.9. The van der Waals surface area contributed by atoms with Crippen LogP contribution in [0.2, 0.25) is 0 Å². The van der Waals surface area contributed by atoms with Crippen LogP contribution in [0.1, 0.15) is 16.8 Å². The lowest BCUT2D eigenvalue weighted by Crippen LogP contribution is -2.45. The minimum atomic E-state index is -1.57. The first-order valence-electron chi connectivity index (χ1n) is 8.17. The predicted octanol–water partition coefficient (Wildman–Crippen LogP) is 1.24. The molecule has 3 heterocycles. The van der Waals surface area contributed by atoms with Gasteiger partial charge in [0.2, 0.25) is 17.7 Å². The van der Waals surface area contributed by atoms with Gasteiger partial charge in [-0.15, -0.1) is 5.10 Å². The number of hydrogen-bond acceptors (Lipinski definition) is 7. The lowest BCUT2D eigenvalue weighted by atomic mass is 9.69. The standard InChI is InChI=1S/C18H14BrN5O4/c1-24-12-4-3-8(19)5-9(12)18(17(24)26)10(7-20)15(21)28-16-14(18)11(22-23-16)6-13(25)27-2/h3-5H,6,21H2,1-2H3,(H,22,23). The SMILES string of the molecule is COC(=O)Cc1[nH]nc2c1C1(C(=O)N(C)c3ccc(Br)cc31)C(C#N)=C(N)O2. The van der Waals surface area contributed by atoms with Crippen molar-refractivity contribution in [1.29, 1.82) is 5.26 Å². The molecule has 1 atom stereocenters. The molecule has 1 aromatic heterocycles. The summed E-state index contributed by atoms with van der Waals surface area (Å²) in [6.45, 7) is 0. The van der Waals surface area contributed by atoms with Gasteiger partial charge in [0, 0.05) is 22.8 Å². The molecule has 1 unspecified atom stereocenters.